The standard InChI is InChI=1S/C12H12ClNO2/c1-8(15)11-7-16-12(14-11)6-9-4-2-3-5-10(9)13/h2-5,7-8,15H,6H2,1H3. The fourth-order valence-electron chi connectivity index (χ4n) is 1.40. The second-order valence-electron chi connectivity index (χ2n) is 3.61. The van der Waals surface area contributed by atoms with Crippen LogP contribution in [0.3, 0.4) is 0 Å². The van der Waals surface area contributed by atoms with E-state index in [0.29, 0.717) is 23.0 Å². The highest BCUT2D eigenvalue weighted by atomic mass is 35.5. The van der Waals surface area contributed by atoms with Gasteiger partial charge in [0.1, 0.15) is 12.0 Å². The van der Waals surface area contributed by atoms with E-state index in [1.165, 1.54) is 6.26 Å². The van der Waals surface area contributed by atoms with Gasteiger partial charge in [0.2, 0.25) is 0 Å². The third kappa shape index (κ3) is 2.43. The maximum absolute atomic E-state index is 9.31. The van der Waals surface area contributed by atoms with Crippen LogP contribution in [0, 0.1) is 0 Å². The first-order chi connectivity index (χ1) is 7.66. The van der Waals surface area contributed by atoms with E-state index in [-0.39, 0.29) is 0 Å². The van der Waals surface area contributed by atoms with Gasteiger partial charge >= 0.3 is 0 Å². The molecule has 0 amide bonds. The summed E-state index contributed by atoms with van der Waals surface area (Å²) in [4.78, 5) is 4.17. The lowest BCUT2D eigenvalue weighted by molar-refractivity contribution is 0.194. The van der Waals surface area contributed by atoms with Crippen LogP contribution in [0.2, 0.25) is 5.02 Å². The van der Waals surface area contributed by atoms with Gasteiger partial charge in [-0.1, -0.05) is 29.8 Å². The second kappa shape index (κ2) is 4.68. The molecular weight excluding hydrogens is 226 g/mol. The van der Waals surface area contributed by atoms with E-state index in [0.717, 1.165) is 5.56 Å². The zero-order chi connectivity index (χ0) is 11.5. The van der Waals surface area contributed by atoms with E-state index >= 15 is 0 Å². The van der Waals surface area contributed by atoms with Crippen molar-refractivity contribution in [2.45, 2.75) is 19.4 Å². The van der Waals surface area contributed by atoms with E-state index in [2.05, 4.69) is 4.98 Å². The van der Waals surface area contributed by atoms with E-state index in [1.54, 1.807) is 6.92 Å². The molecule has 2 aromatic rings. The molecule has 1 atom stereocenters. The molecule has 1 heterocycles. The SMILES string of the molecule is CC(O)c1coc(Cc2ccccc2Cl)n1. The van der Waals surface area contributed by atoms with Crippen LogP contribution in [0.4, 0.5) is 0 Å². The van der Waals surface area contributed by atoms with Crippen LogP contribution in [0.5, 0.6) is 0 Å². The predicted molar refractivity (Wildman–Crippen MR) is 61.4 cm³/mol. The number of halogens is 1. The average Bonchev–Trinajstić information content (AvgIpc) is 2.70. The van der Waals surface area contributed by atoms with Crippen LogP contribution in [-0.4, -0.2) is 10.1 Å². The van der Waals surface area contributed by atoms with Crippen LogP contribution in [0.1, 0.15) is 30.2 Å². The first-order valence-corrected chi connectivity index (χ1v) is 5.40. The number of aliphatic hydroxyl groups is 1. The number of benzene rings is 1. The molecule has 0 fully saturated rings. The van der Waals surface area contributed by atoms with Gasteiger partial charge in [-0.2, -0.15) is 0 Å². The Labute approximate surface area is 98.7 Å². The predicted octanol–water partition coefficient (Wildman–Crippen LogP) is 2.97. The van der Waals surface area contributed by atoms with Gasteiger partial charge in [-0.05, 0) is 18.6 Å². The van der Waals surface area contributed by atoms with Gasteiger partial charge in [0.15, 0.2) is 5.89 Å². The molecule has 1 N–H and O–H groups in total. The minimum absolute atomic E-state index is 0.534. The molecule has 0 aliphatic heterocycles. The fourth-order valence-corrected chi connectivity index (χ4v) is 1.61. The first kappa shape index (κ1) is 11.2. The smallest absolute Gasteiger partial charge is 0.198 e. The summed E-state index contributed by atoms with van der Waals surface area (Å²) in [5.74, 6) is 0.559. The number of nitrogens with zero attached hydrogens (tertiary/aromatic N) is 1. The van der Waals surface area contributed by atoms with Gasteiger partial charge in [-0.3, -0.25) is 0 Å². The number of aromatic nitrogens is 1. The third-order valence-corrected chi connectivity index (χ3v) is 2.67. The molecule has 0 bridgehead atoms. The first-order valence-electron chi connectivity index (χ1n) is 5.02. The minimum Gasteiger partial charge on any atom is -0.448 e. The summed E-state index contributed by atoms with van der Waals surface area (Å²) in [6.07, 6.45) is 1.40. The van der Waals surface area contributed by atoms with Gasteiger partial charge in [0.25, 0.3) is 0 Å². The van der Waals surface area contributed by atoms with Crippen molar-refractivity contribution in [3.8, 4) is 0 Å². The molecule has 84 valence electrons. The lowest BCUT2D eigenvalue weighted by atomic mass is 10.1. The van der Waals surface area contributed by atoms with E-state index in [4.69, 9.17) is 16.0 Å². The number of hydrogen-bond donors (Lipinski definition) is 1. The Bertz CT molecular complexity index is 479. The Morgan fingerprint density at radius 1 is 1.44 bits per heavy atom. The topological polar surface area (TPSA) is 46.3 Å². The van der Waals surface area contributed by atoms with Crippen molar-refractivity contribution < 1.29 is 9.52 Å². The van der Waals surface area contributed by atoms with E-state index < -0.39 is 6.10 Å². The van der Waals surface area contributed by atoms with Crippen molar-refractivity contribution in [2.24, 2.45) is 0 Å². The monoisotopic (exact) mass is 237 g/mol. The number of aliphatic hydroxyl groups excluding tert-OH is 1. The van der Waals surface area contributed by atoms with Crippen molar-refractivity contribution in [2.75, 3.05) is 0 Å². The third-order valence-electron chi connectivity index (χ3n) is 2.30. The van der Waals surface area contributed by atoms with Gasteiger partial charge in [0, 0.05) is 5.02 Å². The summed E-state index contributed by atoms with van der Waals surface area (Å²) in [5.41, 5.74) is 1.50. The Hall–Kier alpha value is -1.32. The lowest BCUT2D eigenvalue weighted by Gasteiger charge is -1.99. The van der Waals surface area contributed by atoms with Crippen molar-refractivity contribution in [1.82, 2.24) is 4.98 Å². The quantitative estimate of drug-likeness (QED) is 0.893. The number of oxazole rings is 1. The molecule has 0 spiro atoms. The number of rotatable bonds is 3. The fraction of sp³-hybridized carbons (Fsp3) is 0.250. The zero-order valence-corrected chi connectivity index (χ0v) is 9.61. The summed E-state index contributed by atoms with van der Waals surface area (Å²) in [5, 5.41) is 10.0. The molecule has 3 nitrogen and oxygen atoms in total. The molecule has 4 heteroatoms. The Morgan fingerprint density at radius 3 is 2.81 bits per heavy atom. The molecule has 2 rings (SSSR count). The Kier molecular flexibility index (Phi) is 3.27. The molecule has 0 aliphatic carbocycles. The summed E-state index contributed by atoms with van der Waals surface area (Å²) >= 11 is 6.02. The molecule has 0 aliphatic rings. The summed E-state index contributed by atoms with van der Waals surface area (Å²) < 4.78 is 5.26. The van der Waals surface area contributed by atoms with Crippen LogP contribution < -0.4 is 0 Å². The zero-order valence-electron chi connectivity index (χ0n) is 8.85. The maximum Gasteiger partial charge on any atom is 0.198 e. The van der Waals surface area contributed by atoms with Crippen molar-refractivity contribution in [1.29, 1.82) is 0 Å². The molecule has 1 unspecified atom stereocenters. The molecule has 16 heavy (non-hydrogen) atoms. The largest absolute Gasteiger partial charge is 0.448 e. The van der Waals surface area contributed by atoms with Crippen molar-refractivity contribution in [3.05, 3.63) is 52.7 Å². The summed E-state index contributed by atoms with van der Waals surface area (Å²) in [6.45, 7) is 1.65. The van der Waals surface area contributed by atoms with Gasteiger partial charge in [0.05, 0.1) is 12.5 Å². The van der Waals surface area contributed by atoms with Gasteiger partial charge < -0.3 is 9.52 Å². The normalized spacial score (nSPS) is 12.7. The average molecular weight is 238 g/mol. The highest BCUT2D eigenvalue weighted by Gasteiger charge is 2.10. The van der Waals surface area contributed by atoms with Crippen LogP contribution in [0.25, 0.3) is 0 Å². The summed E-state index contributed by atoms with van der Waals surface area (Å²) in [7, 11) is 0. The molecule has 1 aromatic carbocycles. The molecular formula is C12H12ClNO2. The van der Waals surface area contributed by atoms with E-state index in [1.807, 2.05) is 24.3 Å². The van der Waals surface area contributed by atoms with E-state index in [9.17, 15) is 5.11 Å². The Balaban J connectivity index is 2.18. The lowest BCUT2D eigenvalue weighted by Crippen LogP contribution is -1.93. The summed E-state index contributed by atoms with van der Waals surface area (Å²) in [6, 6.07) is 7.55. The van der Waals surface area contributed by atoms with Crippen LogP contribution in [-0.2, 0) is 6.42 Å². The second-order valence-corrected chi connectivity index (χ2v) is 4.02. The Morgan fingerprint density at radius 2 is 2.19 bits per heavy atom. The highest BCUT2D eigenvalue weighted by molar-refractivity contribution is 6.31. The maximum atomic E-state index is 9.31. The van der Waals surface area contributed by atoms with Crippen LogP contribution >= 0.6 is 11.6 Å². The van der Waals surface area contributed by atoms with Gasteiger partial charge in [-0.25, -0.2) is 4.98 Å². The van der Waals surface area contributed by atoms with Crippen LogP contribution in [0.15, 0.2) is 34.9 Å². The number of hydrogen-bond acceptors (Lipinski definition) is 3. The molecule has 0 saturated heterocycles. The van der Waals surface area contributed by atoms with Gasteiger partial charge in [-0.15, -0.1) is 0 Å². The molecule has 0 radical (unpaired) electrons. The minimum atomic E-state index is -0.608. The highest BCUT2D eigenvalue weighted by Crippen LogP contribution is 2.19. The molecule has 0 saturated carbocycles. The molecule has 1 aromatic heterocycles. The van der Waals surface area contributed by atoms with Crippen molar-refractivity contribution in [3.63, 3.8) is 0 Å². The van der Waals surface area contributed by atoms with Crippen molar-refractivity contribution >= 4 is 11.6 Å².